The van der Waals surface area contributed by atoms with Gasteiger partial charge in [0.05, 0.1) is 15.1 Å². The maximum Gasteiger partial charge on any atom is 0.226 e. The van der Waals surface area contributed by atoms with Crippen LogP contribution in [0.15, 0.2) is 35.7 Å². The van der Waals surface area contributed by atoms with Crippen molar-refractivity contribution in [3.8, 4) is 0 Å². The number of hydrogen-bond acceptors (Lipinski definition) is 5. The molecule has 1 amide bonds. The van der Waals surface area contributed by atoms with Crippen LogP contribution in [0.1, 0.15) is 28.1 Å². The molecule has 0 saturated heterocycles. The number of benzene rings is 1. The third-order valence-electron chi connectivity index (χ3n) is 3.24. The molecule has 0 aliphatic heterocycles. The molecule has 2 aromatic heterocycles. The molecule has 0 aliphatic rings. The van der Waals surface area contributed by atoms with Crippen molar-refractivity contribution in [2.45, 2.75) is 19.8 Å². The number of nitrogens with one attached hydrogen (secondary N) is 1. The number of para-hydroxylation sites is 1. The Labute approximate surface area is 135 Å². The molecule has 0 spiro atoms. The Morgan fingerprint density at radius 3 is 2.77 bits per heavy atom. The lowest BCUT2D eigenvalue weighted by atomic mass is 10.2. The molecule has 22 heavy (non-hydrogen) atoms. The topological polar surface area (TPSA) is 59.1 Å². The van der Waals surface area contributed by atoms with Crippen LogP contribution in [0.4, 0.5) is 5.13 Å². The van der Waals surface area contributed by atoms with Crippen LogP contribution in [0.2, 0.25) is 0 Å². The highest BCUT2D eigenvalue weighted by molar-refractivity contribution is 7.22. The van der Waals surface area contributed by atoms with Crippen molar-refractivity contribution in [2.75, 3.05) is 5.32 Å². The summed E-state index contributed by atoms with van der Waals surface area (Å²) in [4.78, 5) is 29.0. The van der Waals surface area contributed by atoms with Crippen molar-refractivity contribution in [1.82, 2.24) is 4.98 Å². The van der Waals surface area contributed by atoms with Crippen LogP contribution in [-0.4, -0.2) is 16.7 Å². The van der Waals surface area contributed by atoms with Gasteiger partial charge in [0.25, 0.3) is 0 Å². The first kappa shape index (κ1) is 14.9. The van der Waals surface area contributed by atoms with Crippen molar-refractivity contribution in [3.05, 3.63) is 46.2 Å². The summed E-state index contributed by atoms with van der Waals surface area (Å²) in [5.74, 6) is -0.174. The van der Waals surface area contributed by atoms with E-state index < -0.39 is 0 Å². The normalized spacial score (nSPS) is 10.8. The van der Waals surface area contributed by atoms with Gasteiger partial charge in [-0.25, -0.2) is 4.98 Å². The molecule has 0 unspecified atom stereocenters. The summed E-state index contributed by atoms with van der Waals surface area (Å²) in [6, 6.07) is 9.56. The number of anilines is 1. The first-order valence-corrected chi connectivity index (χ1v) is 8.56. The quantitative estimate of drug-likeness (QED) is 0.711. The molecule has 6 heteroatoms. The van der Waals surface area contributed by atoms with Crippen molar-refractivity contribution in [1.29, 1.82) is 0 Å². The van der Waals surface area contributed by atoms with Crippen LogP contribution in [0.25, 0.3) is 10.2 Å². The largest absolute Gasteiger partial charge is 0.302 e. The molecule has 1 N–H and O–H groups in total. The highest BCUT2D eigenvalue weighted by atomic mass is 32.1. The van der Waals surface area contributed by atoms with E-state index in [2.05, 4.69) is 10.3 Å². The number of hydrogen-bond donors (Lipinski definition) is 1. The molecule has 112 valence electrons. The first-order valence-electron chi connectivity index (χ1n) is 6.86. The summed E-state index contributed by atoms with van der Waals surface area (Å²) in [5, 5.41) is 5.22. The number of aryl methyl sites for hydroxylation is 1. The van der Waals surface area contributed by atoms with Crippen LogP contribution < -0.4 is 5.32 Å². The maximum absolute atomic E-state index is 12.0. The minimum absolute atomic E-state index is 0.00490. The molecule has 0 atom stereocenters. The molecule has 0 radical (unpaired) electrons. The van der Waals surface area contributed by atoms with Gasteiger partial charge >= 0.3 is 0 Å². The minimum Gasteiger partial charge on any atom is -0.302 e. The predicted molar refractivity (Wildman–Crippen MR) is 90.9 cm³/mol. The van der Waals surface area contributed by atoms with E-state index in [9.17, 15) is 9.59 Å². The third-order valence-corrected chi connectivity index (χ3v) is 5.09. The molecular formula is C16H14N2O2S2. The second-order valence-electron chi connectivity index (χ2n) is 4.89. The Hall–Kier alpha value is -2.05. The van der Waals surface area contributed by atoms with Crippen LogP contribution in [0.5, 0.6) is 0 Å². The third kappa shape index (κ3) is 3.23. The van der Waals surface area contributed by atoms with Gasteiger partial charge < -0.3 is 5.32 Å². The maximum atomic E-state index is 12.0. The number of thiophene rings is 1. The summed E-state index contributed by atoms with van der Waals surface area (Å²) in [6.07, 6.45) is 0.391. The zero-order valence-electron chi connectivity index (χ0n) is 12.0. The van der Waals surface area contributed by atoms with E-state index in [-0.39, 0.29) is 24.5 Å². The fraction of sp³-hybridized carbons (Fsp3) is 0.188. The van der Waals surface area contributed by atoms with Gasteiger partial charge in [-0.15, -0.1) is 11.3 Å². The van der Waals surface area contributed by atoms with Crippen LogP contribution >= 0.6 is 22.7 Å². The number of carbonyl (C=O) groups is 2. The van der Waals surface area contributed by atoms with Gasteiger partial charge in [0.15, 0.2) is 10.9 Å². The van der Waals surface area contributed by atoms with E-state index in [1.54, 1.807) is 6.07 Å². The van der Waals surface area contributed by atoms with Crippen LogP contribution in [0.3, 0.4) is 0 Å². The first-order chi connectivity index (χ1) is 10.6. The van der Waals surface area contributed by atoms with E-state index >= 15 is 0 Å². The average Bonchev–Trinajstić information content (AvgIpc) is 3.14. The lowest BCUT2D eigenvalue weighted by Gasteiger charge is -2.00. The SMILES string of the molecule is Cc1cccc2sc(NC(=O)CCC(=O)c3cccs3)nc12. The highest BCUT2D eigenvalue weighted by Gasteiger charge is 2.12. The Balaban J connectivity index is 1.61. The Kier molecular flexibility index (Phi) is 4.31. The number of fused-ring (bicyclic) bond motifs is 1. The van der Waals surface area contributed by atoms with Gasteiger partial charge in [-0.3, -0.25) is 9.59 Å². The lowest BCUT2D eigenvalue weighted by Crippen LogP contribution is -2.13. The summed E-state index contributed by atoms with van der Waals surface area (Å²) in [6.45, 7) is 1.99. The summed E-state index contributed by atoms with van der Waals surface area (Å²) >= 11 is 2.85. The summed E-state index contributed by atoms with van der Waals surface area (Å²) < 4.78 is 1.05. The Bertz CT molecular complexity index is 822. The standard InChI is InChI=1S/C16H14N2O2S2/c1-10-4-2-5-13-15(10)18-16(22-13)17-14(20)8-7-11(19)12-6-3-9-21-12/h2-6,9H,7-8H2,1H3,(H,17,18,20). The average molecular weight is 330 g/mol. The monoisotopic (exact) mass is 330 g/mol. The number of thiazole rings is 1. The van der Waals surface area contributed by atoms with Gasteiger partial charge in [-0.1, -0.05) is 29.5 Å². The van der Waals surface area contributed by atoms with E-state index in [0.717, 1.165) is 15.8 Å². The predicted octanol–water partition coefficient (Wildman–Crippen LogP) is 4.27. The van der Waals surface area contributed by atoms with E-state index in [0.29, 0.717) is 10.0 Å². The van der Waals surface area contributed by atoms with E-state index in [1.165, 1.54) is 22.7 Å². The number of ketones is 1. The minimum atomic E-state index is -0.179. The van der Waals surface area contributed by atoms with Gasteiger partial charge in [0.1, 0.15) is 0 Å². The molecule has 0 saturated carbocycles. The molecule has 0 bridgehead atoms. The number of nitrogens with zero attached hydrogens (tertiary/aromatic N) is 1. The van der Waals surface area contributed by atoms with Crippen LogP contribution in [0, 0.1) is 6.92 Å². The molecular weight excluding hydrogens is 316 g/mol. The summed E-state index contributed by atoms with van der Waals surface area (Å²) in [7, 11) is 0. The smallest absolute Gasteiger partial charge is 0.226 e. The number of carbonyl (C=O) groups excluding carboxylic acids is 2. The highest BCUT2D eigenvalue weighted by Crippen LogP contribution is 2.28. The Morgan fingerprint density at radius 2 is 2.05 bits per heavy atom. The number of amides is 1. The van der Waals surface area contributed by atoms with Gasteiger partial charge in [-0.2, -0.15) is 0 Å². The van der Waals surface area contributed by atoms with Gasteiger partial charge in [0.2, 0.25) is 5.91 Å². The van der Waals surface area contributed by atoms with Gasteiger partial charge in [-0.05, 0) is 30.0 Å². The van der Waals surface area contributed by atoms with Crippen LogP contribution in [-0.2, 0) is 4.79 Å². The molecule has 4 nitrogen and oxygen atoms in total. The van der Waals surface area contributed by atoms with Crippen molar-refractivity contribution in [3.63, 3.8) is 0 Å². The molecule has 1 aromatic carbocycles. The molecule has 3 aromatic rings. The van der Waals surface area contributed by atoms with Crippen molar-refractivity contribution in [2.24, 2.45) is 0 Å². The second kappa shape index (κ2) is 6.37. The zero-order valence-corrected chi connectivity index (χ0v) is 13.6. The van der Waals surface area contributed by atoms with Gasteiger partial charge in [0, 0.05) is 12.8 Å². The number of rotatable bonds is 5. The summed E-state index contributed by atoms with van der Waals surface area (Å²) in [5.41, 5.74) is 2.00. The van der Waals surface area contributed by atoms with Crippen molar-refractivity contribution < 1.29 is 9.59 Å². The fourth-order valence-corrected chi connectivity index (χ4v) is 3.76. The van der Waals surface area contributed by atoms with E-state index in [1.807, 2.05) is 36.6 Å². The molecule has 0 aliphatic carbocycles. The zero-order chi connectivity index (χ0) is 15.5. The van der Waals surface area contributed by atoms with E-state index in [4.69, 9.17) is 0 Å². The van der Waals surface area contributed by atoms with Crippen molar-refractivity contribution >= 4 is 49.7 Å². The number of Topliss-reactive ketones (excluding diaryl/α,β-unsaturated/α-hetero) is 1. The second-order valence-corrected chi connectivity index (χ2v) is 6.87. The molecule has 3 rings (SSSR count). The lowest BCUT2D eigenvalue weighted by molar-refractivity contribution is -0.116. The molecule has 2 heterocycles. The Morgan fingerprint density at radius 1 is 1.18 bits per heavy atom. The fourth-order valence-electron chi connectivity index (χ4n) is 2.11. The molecule has 0 fully saturated rings. The number of aromatic nitrogens is 1.